The highest BCUT2D eigenvalue weighted by molar-refractivity contribution is 5.79. The second kappa shape index (κ2) is 12.0. The van der Waals surface area contributed by atoms with E-state index in [0.29, 0.717) is 6.04 Å². The fourth-order valence-corrected chi connectivity index (χ4v) is 2.91. The van der Waals surface area contributed by atoms with Crippen molar-refractivity contribution in [2.24, 2.45) is 4.99 Å². The summed E-state index contributed by atoms with van der Waals surface area (Å²) in [5, 5.41) is 6.78. The Kier molecular flexibility index (Phi) is 9.59. The lowest BCUT2D eigenvalue weighted by atomic mass is 10.1. The van der Waals surface area contributed by atoms with Crippen LogP contribution in [0.25, 0.3) is 0 Å². The Balaban J connectivity index is 1.72. The highest BCUT2D eigenvalue weighted by Gasteiger charge is 2.15. The van der Waals surface area contributed by atoms with Crippen molar-refractivity contribution in [1.29, 1.82) is 0 Å². The number of ether oxygens (including phenoxy) is 2. The predicted molar refractivity (Wildman–Crippen MR) is 111 cm³/mol. The molecule has 0 aromatic heterocycles. The van der Waals surface area contributed by atoms with E-state index in [0.717, 1.165) is 58.3 Å². The second-order valence-electron chi connectivity index (χ2n) is 7.34. The standard InChI is InChI=1S/C21H36N4O2/c1-17(2)25(4)15-19-9-6-5-8-18(19)14-24-21(22-3)23-11-7-12-27-20-10-13-26-16-20/h5-6,8-9,17,20H,7,10-16H2,1-4H3,(H2,22,23,24). The Morgan fingerprint density at radius 2 is 2.07 bits per heavy atom. The summed E-state index contributed by atoms with van der Waals surface area (Å²) in [6.45, 7) is 9.30. The fraction of sp³-hybridized carbons (Fsp3) is 0.667. The van der Waals surface area contributed by atoms with Gasteiger partial charge >= 0.3 is 0 Å². The van der Waals surface area contributed by atoms with Gasteiger partial charge in [-0.25, -0.2) is 0 Å². The summed E-state index contributed by atoms with van der Waals surface area (Å²) in [4.78, 5) is 6.67. The van der Waals surface area contributed by atoms with Crippen LogP contribution in [0.1, 0.15) is 37.8 Å². The van der Waals surface area contributed by atoms with Crippen molar-refractivity contribution >= 4 is 5.96 Å². The van der Waals surface area contributed by atoms with Gasteiger partial charge in [0, 0.05) is 45.9 Å². The average molecular weight is 377 g/mol. The number of rotatable bonds is 10. The molecule has 1 aromatic rings. The molecule has 1 saturated heterocycles. The molecule has 1 aliphatic heterocycles. The molecule has 0 bridgehead atoms. The molecular weight excluding hydrogens is 340 g/mol. The third kappa shape index (κ3) is 7.87. The van der Waals surface area contributed by atoms with E-state index in [-0.39, 0.29) is 6.10 Å². The minimum Gasteiger partial charge on any atom is -0.379 e. The molecule has 0 amide bonds. The highest BCUT2D eigenvalue weighted by atomic mass is 16.5. The zero-order valence-corrected chi connectivity index (χ0v) is 17.3. The van der Waals surface area contributed by atoms with Crippen LogP contribution in [-0.2, 0) is 22.6 Å². The molecule has 1 aromatic carbocycles. The van der Waals surface area contributed by atoms with E-state index in [4.69, 9.17) is 9.47 Å². The van der Waals surface area contributed by atoms with Crippen LogP contribution in [0.4, 0.5) is 0 Å². The number of hydrogen-bond donors (Lipinski definition) is 2. The van der Waals surface area contributed by atoms with E-state index in [2.05, 4.69) is 65.7 Å². The Morgan fingerprint density at radius 1 is 1.30 bits per heavy atom. The van der Waals surface area contributed by atoms with Crippen LogP contribution in [0.15, 0.2) is 29.3 Å². The number of nitrogens with one attached hydrogen (secondary N) is 2. The molecule has 2 N–H and O–H groups in total. The lowest BCUT2D eigenvalue weighted by Gasteiger charge is -2.23. The second-order valence-corrected chi connectivity index (χ2v) is 7.34. The van der Waals surface area contributed by atoms with Gasteiger partial charge < -0.3 is 20.1 Å². The average Bonchev–Trinajstić information content (AvgIpc) is 3.18. The number of hydrogen-bond acceptors (Lipinski definition) is 4. The van der Waals surface area contributed by atoms with Crippen LogP contribution in [0.5, 0.6) is 0 Å². The van der Waals surface area contributed by atoms with Crippen LogP contribution in [-0.4, -0.2) is 63.5 Å². The van der Waals surface area contributed by atoms with Crippen LogP contribution in [0.3, 0.4) is 0 Å². The van der Waals surface area contributed by atoms with Gasteiger partial charge in [0.15, 0.2) is 5.96 Å². The van der Waals surface area contributed by atoms with Crippen molar-refractivity contribution in [1.82, 2.24) is 15.5 Å². The van der Waals surface area contributed by atoms with Crippen LogP contribution in [0.2, 0.25) is 0 Å². The monoisotopic (exact) mass is 376 g/mol. The van der Waals surface area contributed by atoms with E-state index in [9.17, 15) is 0 Å². The smallest absolute Gasteiger partial charge is 0.191 e. The first-order valence-electron chi connectivity index (χ1n) is 10.0. The summed E-state index contributed by atoms with van der Waals surface area (Å²) in [5.74, 6) is 0.825. The molecule has 6 heteroatoms. The molecule has 6 nitrogen and oxygen atoms in total. The van der Waals surface area contributed by atoms with Gasteiger partial charge in [0.1, 0.15) is 0 Å². The summed E-state index contributed by atoms with van der Waals surface area (Å²) in [6, 6.07) is 9.11. The third-order valence-corrected chi connectivity index (χ3v) is 4.94. The van der Waals surface area contributed by atoms with Crippen LogP contribution < -0.4 is 10.6 Å². The van der Waals surface area contributed by atoms with E-state index in [1.807, 2.05) is 0 Å². The number of aliphatic imine (C=N–C) groups is 1. The van der Waals surface area contributed by atoms with Gasteiger partial charge in [0.25, 0.3) is 0 Å². The van der Waals surface area contributed by atoms with Gasteiger partial charge in [-0.1, -0.05) is 24.3 Å². The molecule has 1 aliphatic rings. The van der Waals surface area contributed by atoms with Crippen LogP contribution >= 0.6 is 0 Å². The molecule has 27 heavy (non-hydrogen) atoms. The Bertz CT molecular complexity index is 571. The van der Waals surface area contributed by atoms with Gasteiger partial charge in [0.05, 0.1) is 12.7 Å². The summed E-state index contributed by atoms with van der Waals surface area (Å²) in [5.41, 5.74) is 2.65. The Hall–Kier alpha value is -1.63. The SMILES string of the molecule is CN=C(NCCCOC1CCOC1)NCc1ccccc1CN(C)C(C)C. The maximum Gasteiger partial charge on any atom is 0.191 e. The molecule has 0 aliphatic carbocycles. The first-order valence-corrected chi connectivity index (χ1v) is 10.0. The molecule has 0 radical (unpaired) electrons. The molecule has 1 unspecified atom stereocenters. The lowest BCUT2D eigenvalue weighted by molar-refractivity contribution is 0.0420. The van der Waals surface area contributed by atoms with E-state index in [1.165, 1.54) is 11.1 Å². The zero-order chi connectivity index (χ0) is 19.5. The van der Waals surface area contributed by atoms with Crippen LogP contribution in [0, 0.1) is 0 Å². The lowest BCUT2D eigenvalue weighted by Crippen LogP contribution is -2.38. The normalized spacial score (nSPS) is 17.7. The Morgan fingerprint density at radius 3 is 2.74 bits per heavy atom. The first-order chi connectivity index (χ1) is 13.1. The fourth-order valence-electron chi connectivity index (χ4n) is 2.91. The van der Waals surface area contributed by atoms with Crippen molar-refractivity contribution in [2.45, 2.75) is 51.9 Å². The molecule has 1 fully saturated rings. The maximum atomic E-state index is 5.79. The molecular formula is C21H36N4O2. The first kappa shape index (κ1) is 21.7. The van der Waals surface area contributed by atoms with Crippen molar-refractivity contribution in [2.75, 3.05) is 40.5 Å². The third-order valence-electron chi connectivity index (χ3n) is 4.94. The van der Waals surface area contributed by atoms with E-state index >= 15 is 0 Å². The molecule has 1 atom stereocenters. The van der Waals surface area contributed by atoms with E-state index < -0.39 is 0 Å². The summed E-state index contributed by atoms with van der Waals surface area (Å²) < 4.78 is 11.1. The summed E-state index contributed by atoms with van der Waals surface area (Å²) >= 11 is 0. The Labute approximate surface area is 164 Å². The number of benzene rings is 1. The minimum atomic E-state index is 0.280. The number of guanidine groups is 1. The van der Waals surface area contributed by atoms with Crippen molar-refractivity contribution in [3.63, 3.8) is 0 Å². The summed E-state index contributed by atoms with van der Waals surface area (Å²) in [6.07, 6.45) is 2.25. The quantitative estimate of drug-likeness (QED) is 0.373. The molecule has 0 saturated carbocycles. The van der Waals surface area contributed by atoms with Gasteiger partial charge in [-0.2, -0.15) is 0 Å². The largest absolute Gasteiger partial charge is 0.379 e. The minimum absolute atomic E-state index is 0.280. The van der Waals surface area contributed by atoms with Crippen molar-refractivity contribution in [3.8, 4) is 0 Å². The van der Waals surface area contributed by atoms with Crippen molar-refractivity contribution < 1.29 is 9.47 Å². The summed E-state index contributed by atoms with van der Waals surface area (Å²) in [7, 11) is 3.97. The predicted octanol–water partition coefficient (Wildman–Crippen LogP) is 2.39. The maximum absolute atomic E-state index is 5.79. The molecule has 1 heterocycles. The molecule has 152 valence electrons. The van der Waals surface area contributed by atoms with Gasteiger partial charge in [0.2, 0.25) is 0 Å². The molecule has 2 rings (SSSR count). The molecule has 0 spiro atoms. The highest BCUT2D eigenvalue weighted by Crippen LogP contribution is 2.12. The van der Waals surface area contributed by atoms with Gasteiger partial charge in [-0.3, -0.25) is 9.89 Å². The topological polar surface area (TPSA) is 58.1 Å². The van der Waals surface area contributed by atoms with Gasteiger partial charge in [-0.05, 0) is 44.9 Å². The van der Waals surface area contributed by atoms with Crippen molar-refractivity contribution in [3.05, 3.63) is 35.4 Å². The van der Waals surface area contributed by atoms with E-state index in [1.54, 1.807) is 7.05 Å². The van der Waals surface area contributed by atoms with Gasteiger partial charge in [-0.15, -0.1) is 0 Å². The zero-order valence-electron chi connectivity index (χ0n) is 17.3. The number of nitrogens with zero attached hydrogens (tertiary/aromatic N) is 2.